The van der Waals surface area contributed by atoms with Gasteiger partial charge in [-0.3, -0.25) is 13.6 Å². The number of hydrogen-bond donors (Lipinski definition) is 0. The molecule has 0 spiro atoms. The molecule has 0 saturated heterocycles. The zero-order valence-electron chi connectivity index (χ0n) is 8.74. The zero-order chi connectivity index (χ0) is 10.6. The van der Waals surface area contributed by atoms with Crippen molar-refractivity contribution < 1.29 is 13.6 Å². The predicted molar refractivity (Wildman–Crippen MR) is 53.9 cm³/mol. The molecule has 0 unspecified atom stereocenters. The minimum Gasteiger partial charge on any atom is -0.300 e. The Morgan fingerprint density at radius 1 is 0.714 bits per heavy atom. The molecule has 0 aromatic carbocycles. The van der Waals surface area contributed by atoms with E-state index in [1.165, 1.54) is 0 Å². The number of alkyl halides is 2. The second-order valence-electron chi connectivity index (χ2n) is 3.54. The SMILES string of the molecule is O=C(CCCCCF)CCCCCF. The van der Waals surface area contributed by atoms with Gasteiger partial charge in [-0.15, -0.1) is 0 Å². The summed E-state index contributed by atoms with van der Waals surface area (Å²) in [6.45, 7) is -0.574. The zero-order valence-corrected chi connectivity index (χ0v) is 8.74. The molecule has 0 N–H and O–H groups in total. The Morgan fingerprint density at radius 3 is 1.50 bits per heavy atom. The van der Waals surface area contributed by atoms with Gasteiger partial charge in [0.1, 0.15) is 5.78 Å². The Bertz CT molecular complexity index is 123. The fourth-order valence-electron chi connectivity index (χ4n) is 1.31. The molecule has 0 amide bonds. The average Bonchev–Trinajstić information content (AvgIpc) is 2.19. The molecule has 84 valence electrons. The lowest BCUT2D eigenvalue weighted by atomic mass is 10.1. The summed E-state index contributed by atoms with van der Waals surface area (Å²) < 4.78 is 23.4. The van der Waals surface area contributed by atoms with Gasteiger partial charge in [0.15, 0.2) is 0 Å². The predicted octanol–water partition coefficient (Wildman–Crippen LogP) is 3.62. The third-order valence-electron chi connectivity index (χ3n) is 2.18. The number of hydrogen-bond acceptors (Lipinski definition) is 1. The summed E-state index contributed by atoms with van der Waals surface area (Å²) in [5, 5.41) is 0. The number of ketones is 1. The minimum absolute atomic E-state index is 0.239. The molecule has 0 fully saturated rings. The molecule has 0 aliphatic carbocycles. The smallest absolute Gasteiger partial charge is 0.132 e. The topological polar surface area (TPSA) is 17.1 Å². The number of rotatable bonds is 10. The summed E-state index contributed by atoms with van der Waals surface area (Å²) in [5.41, 5.74) is 0. The van der Waals surface area contributed by atoms with Gasteiger partial charge in [0.25, 0.3) is 0 Å². The maximum atomic E-state index is 11.7. The monoisotopic (exact) mass is 206 g/mol. The summed E-state index contributed by atoms with van der Waals surface area (Å²) in [7, 11) is 0. The molecular formula is C11H20F2O. The van der Waals surface area contributed by atoms with Gasteiger partial charge in [0.2, 0.25) is 0 Å². The molecule has 3 heteroatoms. The molecule has 0 rings (SSSR count). The van der Waals surface area contributed by atoms with Crippen LogP contribution in [-0.2, 0) is 4.79 Å². The van der Waals surface area contributed by atoms with Gasteiger partial charge in [-0.05, 0) is 25.7 Å². The van der Waals surface area contributed by atoms with Crippen LogP contribution in [0.2, 0.25) is 0 Å². The molecule has 0 bridgehead atoms. The number of unbranched alkanes of at least 4 members (excludes halogenated alkanes) is 4. The van der Waals surface area contributed by atoms with Gasteiger partial charge in [-0.1, -0.05) is 12.8 Å². The molecule has 0 aromatic rings. The van der Waals surface area contributed by atoms with Gasteiger partial charge in [0.05, 0.1) is 13.3 Å². The van der Waals surface area contributed by atoms with Crippen molar-refractivity contribution in [3.8, 4) is 0 Å². The van der Waals surface area contributed by atoms with Crippen LogP contribution in [0.3, 0.4) is 0 Å². The van der Waals surface area contributed by atoms with E-state index in [2.05, 4.69) is 0 Å². The highest BCUT2D eigenvalue weighted by Crippen LogP contribution is 2.06. The first-order valence-corrected chi connectivity index (χ1v) is 5.45. The van der Waals surface area contributed by atoms with Crippen LogP contribution in [0.15, 0.2) is 0 Å². The third kappa shape index (κ3) is 9.62. The van der Waals surface area contributed by atoms with Crippen molar-refractivity contribution in [2.75, 3.05) is 13.3 Å². The molecule has 0 aliphatic rings. The van der Waals surface area contributed by atoms with E-state index in [1.54, 1.807) is 0 Å². The Hall–Kier alpha value is -0.470. The number of carbonyl (C=O) groups excluding carboxylic acids is 1. The van der Waals surface area contributed by atoms with Crippen molar-refractivity contribution >= 4 is 5.78 Å². The molecule has 1 nitrogen and oxygen atoms in total. The molecule has 0 saturated carbocycles. The standard InChI is InChI=1S/C11H20F2O/c12-9-5-1-3-7-11(14)8-4-2-6-10-13/h1-10H2. The van der Waals surface area contributed by atoms with E-state index in [0.717, 1.165) is 25.7 Å². The lowest BCUT2D eigenvalue weighted by Crippen LogP contribution is -1.97. The average molecular weight is 206 g/mol. The lowest BCUT2D eigenvalue weighted by Gasteiger charge is -1.99. The normalized spacial score (nSPS) is 10.4. The minimum atomic E-state index is -0.287. The van der Waals surface area contributed by atoms with Crippen LogP contribution < -0.4 is 0 Å². The second kappa shape index (κ2) is 10.6. The Balaban J connectivity index is 3.11. The third-order valence-corrected chi connectivity index (χ3v) is 2.18. The van der Waals surface area contributed by atoms with Crippen LogP contribution in [0.4, 0.5) is 8.78 Å². The fraction of sp³-hybridized carbons (Fsp3) is 0.909. The number of carbonyl (C=O) groups is 1. The van der Waals surface area contributed by atoms with E-state index in [1.807, 2.05) is 0 Å². The van der Waals surface area contributed by atoms with Crippen LogP contribution in [0.5, 0.6) is 0 Å². The Labute approximate surface area is 84.9 Å². The van der Waals surface area contributed by atoms with Crippen LogP contribution in [-0.4, -0.2) is 19.1 Å². The highest BCUT2D eigenvalue weighted by Gasteiger charge is 2.01. The van der Waals surface area contributed by atoms with Crippen LogP contribution in [0.1, 0.15) is 51.4 Å². The van der Waals surface area contributed by atoms with Crippen LogP contribution in [0.25, 0.3) is 0 Å². The van der Waals surface area contributed by atoms with Crippen molar-refractivity contribution in [2.45, 2.75) is 51.4 Å². The second-order valence-corrected chi connectivity index (χ2v) is 3.54. The van der Waals surface area contributed by atoms with Crippen molar-refractivity contribution in [3.63, 3.8) is 0 Å². The molecule has 0 heterocycles. The van der Waals surface area contributed by atoms with E-state index in [0.29, 0.717) is 25.7 Å². The van der Waals surface area contributed by atoms with E-state index in [9.17, 15) is 13.6 Å². The molecule has 14 heavy (non-hydrogen) atoms. The van der Waals surface area contributed by atoms with Crippen LogP contribution >= 0.6 is 0 Å². The van der Waals surface area contributed by atoms with Crippen molar-refractivity contribution in [1.82, 2.24) is 0 Å². The first-order valence-electron chi connectivity index (χ1n) is 5.45. The van der Waals surface area contributed by atoms with Crippen molar-refractivity contribution in [1.29, 1.82) is 0 Å². The maximum absolute atomic E-state index is 11.7. The number of Topliss-reactive ketones (excluding diaryl/α,β-unsaturated/α-hetero) is 1. The van der Waals surface area contributed by atoms with Gasteiger partial charge < -0.3 is 0 Å². The van der Waals surface area contributed by atoms with Gasteiger partial charge >= 0.3 is 0 Å². The maximum Gasteiger partial charge on any atom is 0.132 e. The fourth-order valence-corrected chi connectivity index (χ4v) is 1.31. The summed E-state index contributed by atoms with van der Waals surface area (Å²) in [5.74, 6) is 0.239. The Morgan fingerprint density at radius 2 is 1.14 bits per heavy atom. The first-order chi connectivity index (χ1) is 6.81. The van der Waals surface area contributed by atoms with E-state index < -0.39 is 0 Å². The largest absolute Gasteiger partial charge is 0.300 e. The summed E-state index contributed by atoms with van der Waals surface area (Å²) >= 11 is 0. The molecule has 0 atom stereocenters. The molecule has 0 aromatic heterocycles. The van der Waals surface area contributed by atoms with E-state index in [4.69, 9.17) is 0 Å². The lowest BCUT2D eigenvalue weighted by molar-refractivity contribution is -0.119. The summed E-state index contributed by atoms with van der Waals surface area (Å²) in [6.07, 6.45) is 5.45. The molecule has 0 aliphatic heterocycles. The number of halogens is 2. The van der Waals surface area contributed by atoms with Crippen molar-refractivity contribution in [3.05, 3.63) is 0 Å². The van der Waals surface area contributed by atoms with Gasteiger partial charge in [-0.25, -0.2) is 0 Å². The van der Waals surface area contributed by atoms with Crippen molar-refractivity contribution in [2.24, 2.45) is 0 Å². The highest BCUT2D eigenvalue weighted by atomic mass is 19.1. The van der Waals surface area contributed by atoms with Crippen LogP contribution in [0, 0.1) is 0 Å². The first kappa shape index (κ1) is 13.5. The van der Waals surface area contributed by atoms with Gasteiger partial charge in [0, 0.05) is 12.8 Å². The van der Waals surface area contributed by atoms with Gasteiger partial charge in [-0.2, -0.15) is 0 Å². The quantitative estimate of drug-likeness (QED) is 0.499. The Kier molecular flexibility index (Phi) is 10.3. The summed E-state index contributed by atoms with van der Waals surface area (Å²) in [6, 6.07) is 0. The highest BCUT2D eigenvalue weighted by molar-refractivity contribution is 5.78. The van der Waals surface area contributed by atoms with E-state index in [-0.39, 0.29) is 19.1 Å². The molecular weight excluding hydrogens is 186 g/mol. The summed E-state index contributed by atoms with van der Waals surface area (Å²) in [4.78, 5) is 11.2. The molecule has 0 radical (unpaired) electrons. The van der Waals surface area contributed by atoms with E-state index >= 15 is 0 Å².